The van der Waals surface area contributed by atoms with Crippen molar-refractivity contribution in [1.82, 2.24) is 10.3 Å². The minimum absolute atomic E-state index is 0.188. The van der Waals surface area contributed by atoms with Crippen molar-refractivity contribution in [2.75, 3.05) is 44.1 Å². The van der Waals surface area contributed by atoms with Gasteiger partial charge in [0.05, 0.1) is 24.8 Å². The van der Waals surface area contributed by atoms with Crippen molar-refractivity contribution in [2.45, 2.75) is 37.9 Å². The lowest BCUT2D eigenvalue weighted by molar-refractivity contribution is 0.0793. The molecule has 0 saturated carbocycles. The van der Waals surface area contributed by atoms with Crippen molar-refractivity contribution in [3.8, 4) is 0 Å². The summed E-state index contributed by atoms with van der Waals surface area (Å²) in [7, 11) is 1.70. The molecule has 1 unspecified atom stereocenters. The van der Waals surface area contributed by atoms with Crippen LogP contribution in [0.25, 0.3) is 0 Å². The molecule has 2 heterocycles. The van der Waals surface area contributed by atoms with Crippen molar-refractivity contribution in [3.05, 3.63) is 52.8 Å². The van der Waals surface area contributed by atoms with E-state index in [1.807, 2.05) is 19.9 Å². The Morgan fingerprint density at radius 1 is 1.42 bits per heavy atom. The maximum absolute atomic E-state index is 13.4. The summed E-state index contributed by atoms with van der Waals surface area (Å²) in [4.78, 5) is 20.1. The Labute approximate surface area is 187 Å². The van der Waals surface area contributed by atoms with Gasteiger partial charge in [-0.05, 0) is 48.4 Å². The number of amides is 1. The lowest BCUT2D eigenvalue weighted by atomic mass is 10.1. The fourth-order valence-corrected chi connectivity index (χ4v) is 4.49. The average molecular weight is 448 g/mol. The Morgan fingerprint density at radius 2 is 2.26 bits per heavy atom. The number of nitrogens with one attached hydrogen (secondary N) is 1. The van der Waals surface area contributed by atoms with Gasteiger partial charge < -0.3 is 19.7 Å². The first kappa shape index (κ1) is 23.5. The molecular formula is C23H30FN3O3S. The first-order valence-corrected chi connectivity index (χ1v) is 11.5. The number of rotatable bonds is 9. The summed E-state index contributed by atoms with van der Waals surface area (Å²) in [6, 6.07) is 8.40. The molecule has 1 saturated heterocycles. The topological polar surface area (TPSA) is 63.7 Å². The van der Waals surface area contributed by atoms with Crippen LogP contribution in [0, 0.1) is 12.7 Å². The predicted octanol–water partition coefficient (Wildman–Crippen LogP) is 3.81. The highest BCUT2D eigenvalue weighted by atomic mass is 32.2. The standard InChI is InChI=1S/C23H30FN3O3S/c1-4-31-23-21(22(28)25-14-17-6-5-7-18(24)13-17)16(2)12-20(26-23)27-9-11-30-15-19(27)8-10-29-3/h5-7,12-13,19H,4,8-11,14-15H2,1-3H3,(H,25,28). The van der Waals surface area contributed by atoms with Gasteiger partial charge in [0.1, 0.15) is 16.7 Å². The largest absolute Gasteiger partial charge is 0.385 e. The minimum Gasteiger partial charge on any atom is -0.385 e. The number of hydrogen-bond donors (Lipinski definition) is 1. The molecular weight excluding hydrogens is 417 g/mol. The van der Waals surface area contributed by atoms with Crippen LogP contribution in [0.15, 0.2) is 35.4 Å². The smallest absolute Gasteiger partial charge is 0.254 e. The third-order valence-corrected chi connectivity index (χ3v) is 6.05. The molecule has 0 spiro atoms. The fraction of sp³-hybridized carbons (Fsp3) is 0.478. The van der Waals surface area contributed by atoms with E-state index in [1.54, 1.807) is 31.0 Å². The molecule has 1 atom stereocenters. The van der Waals surface area contributed by atoms with Gasteiger partial charge in [-0.15, -0.1) is 11.8 Å². The number of thioether (sulfide) groups is 1. The van der Waals surface area contributed by atoms with Gasteiger partial charge in [-0.1, -0.05) is 19.1 Å². The predicted molar refractivity (Wildman–Crippen MR) is 121 cm³/mol. The Balaban J connectivity index is 1.83. The summed E-state index contributed by atoms with van der Waals surface area (Å²) in [6.45, 7) is 6.93. The summed E-state index contributed by atoms with van der Waals surface area (Å²) in [5, 5.41) is 3.62. The summed E-state index contributed by atoms with van der Waals surface area (Å²) in [5.74, 6) is 1.15. The molecule has 0 radical (unpaired) electrons. The molecule has 168 valence electrons. The van der Waals surface area contributed by atoms with Crippen molar-refractivity contribution in [3.63, 3.8) is 0 Å². The van der Waals surface area contributed by atoms with Gasteiger partial charge in [-0.3, -0.25) is 4.79 Å². The molecule has 6 nitrogen and oxygen atoms in total. The Kier molecular flexibility index (Phi) is 8.69. The first-order valence-electron chi connectivity index (χ1n) is 10.5. The molecule has 1 aromatic heterocycles. The van der Waals surface area contributed by atoms with E-state index < -0.39 is 0 Å². The van der Waals surface area contributed by atoms with E-state index in [2.05, 4.69) is 10.2 Å². The number of nitrogens with zero attached hydrogens (tertiary/aromatic N) is 2. The van der Waals surface area contributed by atoms with Crippen LogP contribution in [0.5, 0.6) is 0 Å². The molecule has 1 N–H and O–H groups in total. The molecule has 31 heavy (non-hydrogen) atoms. The van der Waals surface area contributed by atoms with E-state index in [4.69, 9.17) is 14.5 Å². The first-order chi connectivity index (χ1) is 15.0. The number of aromatic nitrogens is 1. The number of ether oxygens (including phenoxy) is 2. The highest BCUT2D eigenvalue weighted by Gasteiger charge is 2.26. The van der Waals surface area contributed by atoms with E-state index in [0.717, 1.165) is 35.7 Å². The van der Waals surface area contributed by atoms with Gasteiger partial charge in [-0.25, -0.2) is 9.37 Å². The molecule has 8 heteroatoms. The molecule has 1 aliphatic heterocycles. The summed E-state index contributed by atoms with van der Waals surface area (Å²) in [5.41, 5.74) is 2.16. The molecule has 3 rings (SSSR count). The van der Waals surface area contributed by atoms with Gasteiger partial charge in [0.15, 0.2) is 0 Å². The van der Waals surface area contributed by atoms with Crippen molar-refractivity contribution < 1.29 is 18.7 Å². The number of benzene rings is 1. The van der Waals surface area contributed by atoms with Crippen LogP contribution in [0.2, 0.25) is 0 Å². The van der Waals surface area contributed by atoms with Gasteiger partial charge in [0.25, 0.3) is 5.91 Å². The van der Waals surface area contributed by atoms with Gasteiger partial charge >= 0.3 is 0 Å². The molecule has 2 aromatic rings. The Hall–Kier alpha value is -2.16. The number of carbonyl (C=O) groups is 1. The molecule has 0 bridgehead atoms. The zero-order valence-corrected chi connectivity index (χ0v) is 19.1. The Morgan fingerprint density at radius 3 is 3.00 bits per heavy atom. The molecule has 1 amide bonds. The van der Waals surface area contributed by atoms with E-state index in [9.17, 15) is 9.18 Å². The summed E-state index contributed by atoms with van der Waals surface area (Å²) < 4.78 is 24.3. The van der Waals surface area contributed by atoms with E-state index in [-0.39, 0.29) is 24.3 Å². The van der Waals surface area contributed by atoms with Crippen molar-refractivity contribution >= 4 is 23.5 Å². The van der Waals surface area contributed by atoms with Crippen LogP contribution in [0.1, 0.15) is 34.8 Å². The molecule has 1 aliphatic rings. The van der Waals surface area contributed by atoms with Gasteiger partial charge in [-0.2, -0.15) is 0 Å². The second-order valence-corrected chi connectivity index (χ2v) is 8.68. The van der Waals surface area contributed by atoms with Gasteiger partial charge in [0.2, 0.25) is 0 Å². The van der Waals surface area contributed by atoms with Crippen molar-refractivity contribution in [1.29, 1.82) is 0 Å². The van der Waals surface area contributed by atoms with Crippen molar-refractivity contribution in [2.24, 2.45) is 0 Å². The number of halogens is 1. The maximum atomic E-state index is 13.4. The second kappa shape index (κ2) is 11.5. The monoisotopic (exact) mass is 447 g/mol. The van der Waals surface area contributed by atoms with E-state index in [0.29, 0.717) is 30.4 Å². The number of anilines is 1. The lowest BCUT2D eigenvalue weighted by Crippen LogP contribution is -2.46. The minimum atomic E-state index is -0.315. The SMILES string of the molecule is CCSc1nc(N2CCOCC2CCOC)cc(C)c1C(=O)NCc1cccc(F)c1. The third-order valence-electron chi connectivity index (χ3n) is 5.20. The van der Waals surface area contributed by atoms with Crippen LogP contribution in [0.4, 0.5) is 10.2 Å². The number of carbonyl (C=O) groups excluding carboxylic acids is 1. The normalized spacial score (nSPS) is 16.4. The number of hydrogen-bond acceptors (Lipinski definition) is 6. The zero-order chi connectivity index (χ0) is 22.2. The average Bonchev–Trinajstić information content (AvgIpc) is 2.76. The second-order valence-electron chi connectivity index (χ2n) is 7.43. The number of methoxy groups -OCH3 is 1. The summed E-state index contributed by atoms with van der Waals surface area (Å²) >= 11 is 1.55. The number of aryl methyl sites for hydroxylation is 1. The molecule has 1 aromatic carbocycles. The van der Waals surface area contributed by atoms with E-state index >= 15 is 0 Å². The highest BCUT2D eigenvalue weighted by Crippen LogP contribution is 2.29. The number of morpholine rings is 1. The highest BCUT2D eigenvalue weighted by molar-refractivity contribution is 7.99. The Bertz CT molecular complexity index is 896. The van der Waals surface area contributed by atoms with Crippen LogP contribution >= 0.6 is 11.8 Å². The summed E-state index contributed by atoms with van der Waals surface area (Å²) in [6.07, 6.45) is 0.851. The van der Waals surface area contributed by atoms with E-state index in [1.165, 1.54) is 12.1 Å². The van der Waals surface area contributed by atoms with Crippen LogP contribution in [-0.2, 0) is 16.0 Å². The van der Waals surface area contributed by atoms with Crippen LogP contribution in [0.3, 0.4) is 0 Å². The fourth-order valence-electron chi connectivity index (χ4n) is 3.66. The van der Waals surface area contributed by atoms with Crippen LogP contribution in [-0.4, -0.2) is 56.2 Å². The zero-order valence-electron chi connectivity index (χ0n) is 18.3. The lowest BCUT2D eigenvalue weighted by Gasteiger charge is -2.37. The third kappa shape index (κ3) is 6.18. The maximum Gasteiger partial charge on any atom is 0.254 e. The molecule has 0 aliphatic carbocycles. The van der Waals surface area contributed by atoms with Gasteiger partial charge in [0, 0.05) is 26.8 Å². The quantitative estimate of drug-likeness (QED) is 0.590. The van der Waals surface area contributed by atoms with Crippen LogP contribution < -0.4 is 10.2 Å². The number of pyridine rings is 1. The molecule has 1 fully saturated rings.